The molecule has 0 fully saturated rings. The number of aryl methyl sites for hydroxylation is 2. The predicted octanol–water partition coefficient (Wildman–Crippen LogP) is 0.893. The van der Waals surface area contributed by atoms with Gasteiger partial charge in [0.15, 0.2) is 0 Å². The summed E-state index contributed by atoms with van der Waals surface area (Å²) in [6, 6.07) is 1.54. The maximum Gasteiger partial charge on any atom is 0.251 e. The summed E-state index contributed by atoms with van der Waals surface area (Å²) in [5.74, 6) is 0. The second kappa shape index (κ2) is 2.73. The highest BCUT2D eigenvalue weighted by atomic mass is 16.1. The molecule has 1 N–H and O–H groups in total. The summed E-state index contributed by atoms with van der Waals surface area (Å²) in [7, 11) is 0. The standard InChI is InChI=1S/C9H11N3O/c1-3-7-5-10-12-6(2)4-8(13)11-9(7)12/h4-5H,3H2,1-2H3,(H,11,13). The van der Waals surface area contributed by atoms with E-state index in [0.29, 0.717) is 0 Å². The lowest BCUT2D eigenvalue weighted by Crippen LogP contribution is -2.10. The molecule has 0 radical (unpaired) electrons. The van der Waals surface area contributed by atoms with Crippen molar-refractivity contribution < 1.29 is 0 Å². The van der Waals surface area contributed by atoms with Gasteiger partial charge in [-0.3, -0.25) is 4.79 Å². The largest absolute Gasteiger partial charge is 0.307 e. The van der Waals surface area contributed by atoms with Crippen LogP contribution in [-0.4, -0.2) is 14.6 Å². The van der Waals surface area contributed by atoms with Crippen molar-refractivity contribution in [3.8, 4) is 0 Å². The first-order valence-electron chi connectivity index (χ1n) is 4.29. The minimum absolute atomic E-state index is 0.0693. The van der Waals surface area contributed by atoms with E-state index in [1.165, 1.54) is 0 Å². The third-order valence-electron chi connectivity index (χ3n) is 2.14. The first-order chi connectivity index (χ1) is 6.22. The molecule has 2 aromatic rings. The molecule has 4 nitrogen and oxygen atoms in total. The van der Waals surface area contributed by atoms with Gasteiger partial charge in [0, 0.05) is 17.3 Å². The second-order valence-electron chi connectivity index (χ2n) is 3.06. The molecule has 2 rings (SSSR count). The monoisotopic (exact) mass is 177 g/mol. The van der Waals surface area contributed by atoms with Gasteiger partial charge in [0.25, 0.3) is 5.56 Å². The fourth-order valence-electron chi connectivity index (χ4n) is 1.45. The second-order valence-corrected chi connectivity index (χ2v) is 3.06. The summed E-state index contributed by atoms with van der Waals surface area (Å²) < 4.78 is 1.75. The minimum atomic E-state index is -0.0693. The van der Waals surface area contributed by atoms with E-state index in [9.17, 15) is 4.79 Å². The van der Waals surface area contributed by atoms with Gasteiger partial charge in [0.1, 0.15) is 5.65 Å². The van der Waals surface area contributed by atoms with Crippen molar-refractivity contribution in [2.75, 3.05) is 0 Å². The van der Waals surface area contributed by atoms with Crippen molar-refractivity contribution in [1.29, 1.82) is 0 Å². The molecular weight excluding hydrogens is 166 g/mol. The SMILES string of the molecule is CCc1cnn2c(C)cc(=O)[nH]c12. The number of hydrogen-bond donors (Lipinski definition) is 1. The van der Waals surface area contributed by atoms with Crippen molar-refractivity contribution in [3.63, 3.8) is 0 Å². The zero-order valence-corrected chi connectivity index (χ0v) is 7.66. The third-order valence-corrected chi connectivity index (χ3v) is 2.14. The van der Waals surface area contributed by atoms with Crippen LogP contribution in [0.25, 0.3) is 5.65 Å². The Morgan fingerprint density at radius 3 is 3.08 bits per heavy atom. The van der Waals surface area contributed by atoms with Crippen LogP contribution in [0, 0.1) is 6.92 Å². The molecule has 4 heteroatoms. The Morgan fingerprint density at radius 2 is 2.38 bits per heavy atom. The highest BCUT2D eigenvalue weighted by Crippen LogP contribution is 2.07. The Bertz CT molecular complexity index is 495. The average molecular weight is 177 g/mol. The maximum absolute atomic E-state index is 11.2. The van der Waals surface area contributed by atoms with Crippen LogP contribution < -0.4 is 5.56 Å². The summed E-state index contributed by atoms with van der Waals surface area (Å²) in [4.78, 5) is 13.9. The highest BCUT2D eigenvalue weighted by molar-refractivity contribution is 5.46. The number of nitrogens with one attached hydrogen (secondary N) is 1. The van der Waals surface area contributed by atoms with Crippen molar-refractivity contribution in [2.24, 2.45) is 0 Å². The van der Waals surface area contributed by atoms with E-state index in [2.05, 4.69) is 10.1 Å². The van der Waals surface area contributed by atoms with Gasteiger partial charge in [0.05, 0.1) is 6.20 Å². The molecule has 0 saturated heterocycles. The number of aromatic amines is 1. The van der Waals surface area contributed by atoms with Gasteiger partial charge in [-0.1, -0.05) is 6.92 Å². The van der Waals surface area contributed by atoms with Gasteiger partial charge < -0.3 is 4.98 Å². The molecular formula is C9H11N3O. The van der Waals surface area contributed by atoms with Gasteiger partial charge in [-0.25, -0.2) is 4.52 Å². The van der Waals surface area contributed by atoms with E-state index < -0.39 is 0 Å². The molecule has 0 aliphatic heterocycles. The van der Waals surface area contributed by atoms with Crippen molar-refractivity contribution >= 4 is 5.65 Å². The van der Waals surface area contributed by atoms with Gasteiger partial charge in [-0.2, -0.15) is 5.10 Å². The Labute approximate surface area is 75.2 Å². The van der Waals surface area contributed by atoms with Crippen molar-refractivity contribution in [2.45, 2.75) is 20.3 Å². The first kappa shape index (κ1) is 8.04. The van der Waals surface area contributed by atoms with Crippen LogP contribution in [0.1, 0.15) is 18.2 Å². The molecule has 0 bridgehead atoms. The quantitative estimate of drug-likeness (QED) is 0.703. The first-order valence-corrected chi connectivity index (χ1v) is 4.29. The van der Waals surface area contributed by atoms with Crippen LogP contribution in [0.5, 0.6) is 0 Å². The van der Waals surface area contributed by atoms with E-state index in [1.54, 1.807) is 16.8 Å². The Balaban J connectivity index is 2.90. The Hall–Kier alpha value is -1.58. The van der Waals surface area contributed by atoms with Gasteiger partial charge >= 0.3 is 0 Å². The van der Waals surface area contributed by atoms with Crippen LogP contribution in [0.4, 0.5) is 0 Å². The molecule has 0 saturated carbocycles. The number of hydrogen-bond acceptors (Lipinski definition) is 2. The lowest BCUT2D eigenvalue weighted by molar-refractivity contribution is 0.886. The number of nitrogens with zero attached hydrogens (tertiary/aromatic N) is 2. The third kappa shape index (κ3) is 1.14. The van der Waals surface area contributed by atoms with E-state index in [-0.39, 0.29) is 5.56 Å². The van der Waals surface area contributed by atoms with E-state index in [0.717, 1.165) is 23.3 Å². The maximum atomic E-state index is 11.2. The van der Waals surface area contributed by atoms with Gasteiger partial charge in [0.2, 0.25) is 0 Å². The Morgan fingerprint density at radius 1 is 1.62 bits per heavy atom. The minimum Gasteiger partial charge on any atom is -0.307 e. The lowest BCUT2D eigenvalue weighted by atomic mass is 10.3. The number of H-pyrrole nitrogens is 1. The summed E-state index contributed by atoms with van der Waals surface area (Å²) in [5.41, 5.74) is 2.67. The molecule has 2 aromatic heterocycles. The number of rotatable bonds is 1. The molecule has 0 atom stereocenters. The number of aromatic nitrogens is 3. The zero-order valence-electron chi connectivity index (χ0n) is 7.66. The lowest BCUT2D eigenvalue weighted by Gasteiger charge is -1.98. The highest BCUT2D eigenvalue weighted by Gasteiger charge is 2.04. The van der Waals surface area contributed by atoms with Crippen LogP contribution >= 0.6 is 0 Å². The molecule has 0 aromatic carbocycles. The summed E-state index contributed by atoms with van der Waals surface area (Å²) in [6.45, 7) is 3.91. The zero-order chi connectivity index (χ0) is 9.42. The molecule has 68 valence electrons. The molecule has 13 heavy (non-hydrogen) atoms. The summed E-state index contributed by atoms with van der Waals surface area (Å²) in [5, 5.41) is 4.18. The summed E-state index contributed by atoms with van der Waals surface area (Å²) in [6.07, 6.45) is 2.67. The molecule has 2 heterocycles. The molecule has 0 aliphatic carbocycles. The van der Waals surface area contributed by atoms with Crippen LogP contribution in [0.2, 0.25) is 0 Å². The van der Waals surface area contributed by atoms with Gasteiger partial charge in [-0.15, -0.1) is 0 Å². The topological polar surface area (TPSA) is 50.2 Å². The van der Waals surface area contributed by atoms with E-state index >= 15 is 0 Å². The molecule has 0 aliphatic rings. The van der Waals surface area contributed by atoms with Crippen molar-refractivity contribution in [1.82, 2.24) is 14.6 Å². The smallest absolute Gasteiger partial charge is 0.251 e. The molecule has 0 unspecified atom stereocenters. The predicted molar refractivity (Wildman–Crippen MR) is 49.9 cm³/mol. The van der Waals surface area contributed by atoms with Crippen molar-refractivity contribution in [3.05, 3.63) is 33.9 Å². The van der Waals surface area contributed by atoms with E-state index in [1.807, 2.05) is 13.8 Å². The van der Waals surface area contributed by atoms with Crippen LogP contribution in [0.15, 0.2) is 17.1 Å². The number of fused-ring (bicyclic) bond motifs is 1. The normalized spacial score (nSPS) is 10.9. The average Bonchev–Trinajstić information content (AvgIpc) is 2.47. The fraction of sp³-hybridized carbons (Fsp3) is 0.333. The molecule has 0 amide bonds. The van der Waals surface area contributed by atoms with Gasteiger partial charge in [-0.05, 0) is 13.3 Å². The van der Waals surface area contributed by atoms with Crippen LogP contribution in [-0.2, 0) is 6.42 Å². The Kier molecular flexibility index (Phi) is 1.69. The van der Waals surface area contributed by atoms with E-state index in [4.69, 9.17) is 0 Å². The van der Waals surface area contributed by atoms with Crippen LogP contribution in [0.3, 0.4) is 0 Å². The fourth-order valence-corrected chi connectivity index (χ4v) is 1.45. The summed E-state index contributed by atoms with van der Waals surface area (Å²) >= 11 is 0. The molecule has 0 spiro atoms.